The SMILES string of the molecule is C=C(CCC(=O)O)NC(C/C(=C/C)c1ccccc1C)C(C)=O.C=CC. The zero-order valence-electron chi connectivity index (χ0n) is 16.3. The number of carboxylic acid groups (broad SMARTS) is 1. The highest BCUT2D eigenvalue weighted by atomic mass is 16.4. The van der Waals surface area contributed by atoms with Gasteiger partial charge in [-0.25, -0.2) is 0 Å². The van der Waals surface area contributed by atoms with Crippen molar-refractivity contribution in [2.24, 2.45) is 0 Å². The molecule has 0 fully saturated rings. The number of carbonyl (C=O) groups excluding carboxylic acids is 1. The Morgan fingerprint density at radius 2 is 1.81 bits per heavy atom. The van der Waals surface area contributed by atoms with Gasteiger partial charge in [0.15, 0.2) is 5.78 Å². The largest absolute Gasteiger partial charge is 0.481 e. The van der Waals surface area contributed by atoms with Crippen LogP contribution in [-0.4, -0.2) is 22.9 Å². The number of benzene rings is 1. The highest BCUT2D eigenvalue weighted by Gasteiger charge is 2.18. The number of carbonyl (C=O) groups is 2. The fourth-order valence-corrected chi connectivity index (χ4v) is 2.41. The molecule has 1 rings (SSSR count). The maximum atomic E-state index is 11.9. The Morgan fingerprint density at radius 1 is 1.23 bits per heavy atom. The quantitative estimate of drug-likeness (QED) is 0.617. The Balaban J connectivity index is 0.00000194. The number of hydrogen-bond acceptors (Lipinski definition) is 3. The van der Waals surface area contributed by atoms with Gasteiger partial charge in [0.25, 0.3) is 0 Å². The maximum Gasteiger partial charge on any atom is 0.303 e. The molecule has 0 aliphatic rings. The molecule has 1 aromatic carbocycles. The number of hydrogen-bond donors (Lipinski definition) is 2. The van der Waals surface area contributed by atoms with Crippen molar-refractivity contribution in [2.45, 2.75) is 53.0 Å². The van der Waals surface area contributed by atoms with E-state index >= 15 is 0 Å². The molecule has 0 amide bonds. The van der Waals surface area contributed by atoms with Crippen molar-refractivity contribution < 1.29 is 14.7 Å². The minimum atomic E-state index is -0.874. The third-order valence-corrected chi connectivity index (χ3v) is 3.77. The molecule has 0 saturated carbocycles. The fourth-order valence-electron chi connectivity index (χ4n) is 2.41. The zero-order valence-corrected chi connectivity index (χ0v) is 16.3. The van der Waals surface area contributed by atoms with E-state index in [4.69, 9.17) is 5.11 Å². The first kappa shape index (κ1) is 23.4. The molecule has 1 unspecified atom stereocenters. The van der Waals surface area contributed by atoms with Gasteiger partial charge >= 0.3 is 5.97 Å². The van der Waals surface area contributed by atoms with Crippen molar-refractivity contribution in [3.05, 3.63) is 66.4 Å². The van der Waals surface area contributed by atoms with Gasteiger partial charge in [-0.1, -0.05) is 43.0 Å². The molecular weight excluding hydrogens is 326 g/mol. The molecule has 0 bridgehead atoms. The summed E-state index contributed by atoms with van der Waals surface area (Å²) in [5.41, 5.74) is 3.95. The molecule has 4 nitrogen and oxygen atoms in total. The van der Waals surface area contributed by atoms with Crippen LogP contribution in [0.3, 0.4) is 0 Å². The third kappa shape index (κ3) is 9.02. The van der Waals surface area contributed by atoms with Gasteiger partial charge in [0.05, 0.1) is 12.5 Å². The molecular formula is C22H31NO3. The van der Waals surface area contributed by atoms with Gasteiger partial charge < -0.3 is 10.4 Å². The molecule has 0 spiro atoms. The molecule has 0 heterocycles. The monoisotopic (exact) mass is 357 g/mol. The van der Waals surface area contributed by atoms with Crippen LogP contribution in [0.4, 0.5) is 0 Å². The summed E-state index contributed by atoms with van der Waals surface area (Å²) in [6, 6.07) is 7.65. The van der Waals surface area contributed by atoms with Crippen LogP contribution in [0.1, 0.15) is 51.2 Å². The average molecular weight is 357 g/mol. The predicted molar refractivity (Wildman–Crippen MR) is 109 cm³/mol. The number of aryl methyl sites for hydroxylation is 1. The molecule has 0 radical (unpaired) electrons. The summed E-state index contributed by atoms with van der Waals surface area (Å²) in [6.45, 7) is 14.6. The molecule has 26 heavy (non-hydrogen) atoms. The van der Waals surface area contributed by atoms with E-state index in [0.29, 0.717) is 18.5 Å². The second kappa shape index (κ2) is 12.7. The number of aliphatic carboxylic acids is 1. The van der Waals surface area contributed by atoms with E-state index in [2.05, 4.69) is 18.5 Å². The molecule has 2 N–H and O–H groups in total. The Hall–Kier alpha value is -2.62. The fraction of sp³-hybridized carbons (Fsp3) is 0.364. The van der Waals surface area contributed by atoms with E-state index in [1.165, 1.54) is 6.92 Å². The topological polar surface area (TPSA) is 66.4 Å². The summed E-state index contributed by atoms with van der Waals surface area (Å²) in [5.74, 6) is -0.865. The second-order valence-corrected chi connectivity index (χ2v) is 6.05. The van der Waals surface area contributed by atoms with Crippen LogP contribution in [0.2, 0.25) is 0 Å². The number of Topliss-reactive ketones (excluding diaryl/α,β-unsaturated/α-hetero) is 1. The summed E-state index contributed by atoms with van der Waals surface area (Å²) in [4.78, 5) is 22.6. The smallest absolute Gasteiger partial charge is 0.303 e. The van der Waals surface area contributed by atoms with Crippen molar-refractivity contribution in [2.75, 3.05) is 0 Å². The molecule has 1 aromatic rings. The Morgan fingerprint density at radius 3 is 2.27 bits per heavy atom. The average Bonchev–Trinajstić information content (AvgIpc) is 2.58. The lowest BCUT2D eigenvalue weighted by atomic mass is 9.93. The van der Waals surface area contributed by atoms with Gasteiger partial charge in [-0.3, -0.25) is 9.59 Å². The van der Waals surface area contributed by atoms with Crippen LogP contribution in [0.25, 0.3) is 5.57 Å². The van der Waals surface area contributed by atoms with Crippen molar-refractivity contribution in [3.63, 3.8) is 0 Å². The first-order chi connectivity index (χ1) is 12.3. The highest BCUT2D eigenvalue weighted by molar-refractivity contribution is 5.84. The van der Waals surface area contributed by atoms with E-state index in [-0.39, 0.29) is 12.2 Å². The van der Waals surface area contributed by atoms with E-state index in [1.54, 1.807) is 6.08 Å². The number of nitrogens with one attached hydrogen (secondary N) is 1. The summed E-state index contributed by atoms with van der Waals surface area (Å²) < 4.78 is 0. The lowest BCUT2D eigenvalue weighted by molar-refractivity contribution is -0.137. The lowest BCUT2D eigenvalue weighted by Crippen LogP contribution is -2.35. The third-order valence-electron chi connectivity index (χ3n) is 3.77. The summed E-state index contributed by atoms with van der Waals surface area (Å²) >= 11 is 0. The lowest BCUT2D eigenvalue weighted by Gasteiger charge is -2.21. The second-order valence-electron chi connectivity index (χ2n) is 6.05. The first-order valence-electron chi connectivity index (χ1n) is 8.71. The number of carboxylic acids is 1. The Labute approximate surface area is 157 Å². The summed E-state index contributed by atoms with van der Waals surface area (Å²) in [7, 11) is 0. The van der Waals surface area contributed by atoms with Gasteiger partial charge in [0.1, 0.15) is 0 Å². The highest BCUT2D eigenvalue weighted by Crippen LogP contribution is 2.24. The van der Waals surface area contributed by atoms with E-state index in [1.807, 2.05) is 51.1 Å². The van der Waals surface area contributed by atoms with Crippen LogP contribution >= 0.6 is 0 Å². The maximum absolute atomic E-state index is 11.9. The molecule has 4 heteroatoms. The van der Waals surface area contributed by atoms with Crippen LogP contribution in [0, 0.1) is 6.92 Å². The van der Waals surface area contributed by atoms with Crippen LogP contribution < -0.4 is 5.32 Å². The minimum Gasteiger partial charge on any atom is -0.481 e. The van der Waals surface area contributed by atoms with Crippen molar-refractivity contribution in [1.29, 1.82) is 0 Å². The number of rotatable bonds is 9. The number of allylic oxidation sites excluding steroid dienone is 3. The van der Waals surface area contributed by atoms with E-state index < -0.39 is 12.0 Å². The Kier molecular flexibility index (Phi) is 11.4. The van der Waals surface area contributed by atoms with Gasteiger partial charge in [-0.2, -0.15) is 0 Å². The van der Waals surface area contributed by atoms with Crippen molar-refractivity contribution >= 4 is 17.3 Å². The minimum absolute atomic E-state index is 0.00469. The van der Waals surface area contributed by atoms with Gasteiger partial charge in [-0.05, 0) is 57.2 Å². The van der Waals surface area contributed by atoms with Crippen LogP contribution in [0.15, 0.2) is 55.3 Å². The molecule has 0 aromatic heterocycles. The zero-order chi connectivity index (χ0) is 20.1. The van der Waals surface area contributed by atoms with Crippen LogP contribution in [0.5, 0.6) is 0 Å². The molecule has 1 atom stereocenters. The van der Waals surface area contributed by atoms with Crippen molar-refractivity contribution in [1.82, 2.24) is 5.32 Å². The summed E-state index contributed by atoms with van der Waals surface area (Å²) in [5, 5.41) is 11.8. The Bertz CT molecular complexity index is 659. The predicted octanol–water partition coefficient (Wildman–Crippen LogP) is 4.91. The molecule has 142 valence electrons. The first-order valence-corrected chi connectivity index (χ1v) is 8.71. The molecule has 0 saturated heterocycles. The molecule has 0 aliphatic carbocycles. The standard InChI is InChI=1S/C19H25NO3.C3H6/c1-5-16(17-9-7-6-8-13(17)2)12-18(15(4)21)20-14(3)10-11-19(22)23;1-3-2/h5-9,18,20H,3,10-12H2,1-2,4H3,(H,22,23);3H,1H2,2H3/b16-5-;. The van der Waals surface area contributed by atoms with E-state index in [9.17, 15) is 9.59 Å². The van der Waals surface area contributed by atoms with Crippen molar-refractivity contribution in [3.8, 4) is 0 Å². The van der Waals surface area contributed by atoms with Gasteiger partial charge in [0.2, 0.25) is 0 Å². The molecule has 0 aliphatic heterocycles. The normalized spacial score (nSPS) is 11.6. The van der Waals surface area contributed by atoms with E-state index in [0.717, 1.165) is 16.7 Å². The number of ketones is 1. The summed E-state index contributed by atoms with van der Waals surface area (Å²) in [6.07, 6.45) is 4.63. The van der Waals surface area contributed by atoms with Crippen LogP contribution in [-0.2, 0) is 9.59 Å². The van der Waals surface area contributed by atoms with Gasteiger partial charge in [0, 0.05) is 5.70 Å². The van der Waals surface area contributed by atoms with Gasteiger partial charge in [-0.15, -0.1) is 6.58 Å².